The molecular weight excluding hydrogens is 248 g/mol. The van der Waals surface area contributed by atoms with Crippen LogP contribution in [-0.2, 0) is 11.8 Å². The molecule has 0 heterocycles. The van der Waals surface area contributed by atoms with Crippen molar-refractivity contribution in [3.8, 4) is 11.5 Å². The molecule has 0 bridgehead atoms. The second-order valence-corrected chi connectivity index (χ2v) is 7.92. The summed E-state index contributed by atoms with van der Waals surface area (Å²) in [4.78, 5) is 0. The highest BCUT2D eigenvalue weighted by Gasteiger charge is 2.26. The minimum atomic E-state index is -0.172. The molecule has 0 aromatic heterocycles. The molecule has 0 spiro atoms. The lowest BCUT2D eigenvalue weighted by Crippen LogP contribution is -2.22. The zero-order valence-electron chi connectivity index (χ0n) is 14.0. The molecule has 2 nitrogen and oxygen atoms in total. The van der Waals surface area contributed by atoms with Crippen molar-refractivity contribution in [3.63, 3.8) is 0 Å². The molecule has 0 saturated carbocycles. The van der Waals surface area contributed by atoms with E-state index in [-0.39, 0.29) is 16.6 Å². The van der Waals surface area contributed by atoms with Crippen LogP contribution in [0.1, 0.15) is 66.0 Å². The zero-order chi connectivity index (χ0) is 15.7. The van der Waals surface area contributed by atoms with Gasteiger partial charge in [0, 0.05) is 5.56 Å². The molecule has 0 saturated heterocycles. The molecule has 2 heteroatoms. The number of benzene rings is 1. The van der Waals surface area contributed by atoms with Crippen LogP contribution in [0.25, 0.3) is 0 Å². The maximum Gasteiger partial charge on any atom is 0.119 e. The van der Waals surface area contributed by atoms with Crippen molar-refractivity contribution in [1.82, 2.24) is 0 Å². The van der Waals surface area contributed by atoms with Gasteiger partial charge >= 0.3 is 0 Å². The van der Waals surface area contributed by atoms with E-state index in [1.807, 2.05) is 20.8 Å². The summed E-state index contributed by atoms with van der Waals surface area (Å²) < 4.78 is 0. The number of hydrogen-bond acceptors (Lipinski definition) is 2. The monoisotopic (exact) mass is 278 g/mol. The van der Waals surface area contributed by atoms with Gasteiger partial charge in [0.2, 0.25) is 0 Å². The van der Waals surface area contributed by atoms with Gasteiger partial charge in [-0.05, 0) is 40.9 Å². The fourth-order valence-corrected chi connectivity index (χ4v) is 2.71. The molecule has 0 aliphatic rings. The first-order valence-corrected chi connectivity index (χ1v) is 7.52. The minimum Gasteiger partial charge on any atom is -0.508 e. The summed E-state index contributed by atoms with van der Waals surface area (Å²) in [6.07, 6.45) is 1.86. The van der Waals surface area contributed by atoms with Crippen LogP contribution in [0.5, 0.6) is 11.5 Å². The van der Waals surface area contributed by atoms with Gasteiger partial charge in [-0.1, -0.05) is 54.9 Å². The van der Waals surface area contributed by atoms with Gasteiger partial charge in [-0.25, -0.2) is 0 Å². The molecule has 1 aromatic carbocycles. The predicted octanol–water partition coefficient (Wildman–Crippen LogP) is 5.01. The van der Waals surface area contributed by atoms with Gasteiger partial charge in [0.05, 0.1) is 0 Å². The Hall–Kier alpha value is -1.18. The zero-order valence-corrected chi connectivity index (χ0v) is 14.0. The van der Waals surface area contributed by atoms with Gasteiger partial charge in [-0.3, -0.25) is 0 Å². The van der Waals surface area contributed by atoms with Crippen molar-refractivity contribution < 1.29 is 10.2 Å². The van der Waals surface area contributed by atoms with Crippen LogP contribution in [0.15, 0.2) is 12.1 Å². The second kappa shape index (κ2) is 5.67. The summed E-state index contributed by atoms with van der Waals surface area (Å²) >= 11 is 0. The number of phenols is 2. The molecule has 20 heavy (non-hydrogen) atoms. The van der Waals surface area contributed by atoms with E-state index in [0.717, 1.165) is 24.0 Å². The van der Waals surface area contributed by atoms with E-state index in [2.05, 4.69) is 27.7 Å². The van der Waals surface area contributed by atoms with Gasteiger partial charge < -0.3 is 10.2 Å². The molecule has 1 atom stereocenters. The van der Waals surface area contributed by atoms with E-state index >= 15 is 0 Å². The SMILES string of the molecule is CCC(Cc1cc(O)c(C(C)(C)C)cc1O)C(C)(C)C. The largest absolute Gasteiger partial charge is 0.508 e. The quantitative estimate of drug-likeness (QED) is 0.763. The van der Waals surface area contributed by atoms with Gasteiger partial charge in [0.25, 0.3) is 0 Å². The Kier molecular flexibility index (Phi) is 4.78. The van der Waals surface area contributed by atoms with Crippen molar-refractivity contribution in [2.45, 2.75) is 66.7 Å². The Morgan fingerprint density at radius 3 is 1.90 bits per heavy atom. The minimum absolute atomic E-state index is 0.172. The van der Waals surface area contributed by atoms with Crippen molar-refractivity contribution in [2.24, 2.45) is 11.3 Å². The molecule has 0 aliphatic carbocycles. The van der Waals surface area contributed by atoms with Gasteiger partial charge in [0.1, 0.15) is 11.5 Å². The van der Waals surface area contributed by atoms with E-state index < -0.39 is 0 Å². The van der Waals surface area contributed by atoms with Gasteiger partial charge in [-0.15, -0.1) is 0 Å². The molecule has 0 radical (unpaired) electrons. The van der Waals surface area contributed by atoms with Crippen LogP contribution in [-0.4, -0.2) is 10.2 Å². The smallest absolute Gasteiger partial charge is 0.119 e. The molecule has 1 unspecified atom stereocenters. The lowest BCUT2D eigenvalue weighted by Gasteiger charge is -2.30. The van der Waals surface area contributed by atoms with E-state index in [1.54, 1.807) is 12.1 Å². The Balaban J connectivity index is 3.13. The van der Waals surface area contributed by atoms with Crippen LogP contribution >= 0.6 is 0 Å². The third-order valence-electron chi connectivity index (χ3n) is 4.19. The number of phenolic OH excluding ortho intramolecular Hbond substituents is 2. The first-order chi connectivity index (χ1) is 8.96. The Morgan fingerprint density at radius 1 is 0.950 bits per heavy atom. The molecule has 0 fully saturated rings. The molecule has 1 aromatic rings. The van der Waals surface area contributed by atoms with Gasteiger partial charge in [-0.2, -0.15) is 0 Å². The first kappa shape index (κ1) is 16.9. The lowest BCUT2D eigenvalue weighted by molar-refractivity contribution is 0.229. The van der Waals surface area contributed by atoms with Crippen molar-refractivity contribution in [1.29, 1.82) is 0 Å². The van der Waals surface area contributed by atoms with Crippen LogP contribution in [0.2, 0.25) is 0 Å². The van der Waals surface area contributed by atoms with Crippen LogP contribution < -0.4 is 0 Å². The topological polar surface area (TPSA) is 40.5 Å². The fourth-order valence-electron chi connectivity index (χ4n) is 2.71. The normalized spacial score (nSPS) is 14.3. The van der Waals surface area contributed by atoms with E-state index in [1.165, 1.54) is 0 Å². The predicted molar refractivity (Wildman–Crippen MR) is 85.4 cm³/mol. The molecular formula is C18H30O2. The highest BCUT2D eigenvalue weighted by Crippen LogP contribution is 2.39. The Labute approximate surface area is 123 Å². The van der Waals surface area contributed by atoms with Crippen LogP contribution in [0, 0.1) is 11.3 Å². The highest BCUT2D eigenvalue weighted by molar-refractivity contribution is 5.48. The van der Waals surface area contributed by atoms with E-state index in [9.17, 15) is 10.2 Å². The number of aromatic hydroxyl groups is 2. The summed E-state index contributed by atoms with van der Waals surface area (Å²) in [5, 5.41) is 20.5. The third kappa shape index (κ3) is 3.91. The van der Waals surface area contributed by atoms with Crippen LogP contribution in [0.3, 0.4) is 0 Å². The lowest BCUT2D eigenvalue weighted by atomic mass is 9.75. The van der Waals surface area contributed by atoms with Crippen molar-refractivity contribution >= 4 is 0 Å². The highest BCUT2D eigenvalue weighted by atomic mass is 16.3. The van der Waals surface area contributed by atoms with Crippen molar-refractivity contribution in [2.75, 3.05) is 0 Å². The number of rotatable bonds is 3. The molecule has 1 rings (SSSR count). The summed E-state index contributed by atoms with van der Waals surface area (Å²) in [5.74, 6) is 1.07. The first-order valence-electron chi connectivity index (χ1n) is 7.52. The molecule has 0 amide bonds. The summed E-state index contributed by atoms with van der Waals surface area (Å²) in [5.41, 5.74) is 1.66. The van der Waals surface area contributed by atoms with E-state index in [4.69, 9.17) is 0 Å². The maximum absolute atomic E-state index is 10.3. The molecule has 2 N–H and O–H groups in total. The average molecular weight is 278 g/mol. The summed E-state index contributed by atoms with van der Waals surface area (Å²) in [6.45, 7) is 14.9. The Bertz CT molecular complexity index is 462. The standard InChI is InChI=1S/C18H30O2/c1-8-13(17(2,3)4)9-12-10-16(20)14(11-15(12)19)18(5,6)7/h10-11,13,19-20H,8-9H2,1-7H3. The summed E-state index contributed by atoms with van der Waals surface area (Å²) in [7, 11) is 0. The maximum atomic E-state index is 10.3. The molecule has 114 valence electrons. The van der Waals surface area contributed by atoms with Crippen molar-refractivity contribution in [3.05, 3.63) is 23.3 Å². The Morgan fingerprint density at radius 2 is 1.50 bits per heavy atom. The van der Waals surface area contributed by atoms with Crippen LogP contribution in [0.4, 0.5) is 0 Å². The second-order valence-electron chi connectivity index (χ2n) is 7.92. The summed E-state index contributed by atoms with van der Waals surface area (Å²) in [6, 6.07) is 3.46. The third-order valence-corrected chi connectivity index (χ3v) is 4.19. The average Bonchev–Trinajstić information content (AvgIpc) is 2.26. The fraction of sp³-hybridized carbons (Fsp3) is 0.667. The number of hydrogen-bond donors (Lipinski definition) is 2. The van der Waals surface area contributed by atoms with Gasteiger partial charge in [0.15, 0.2) is 0 Å². The molecule has 0 aliphatic heterocycles. The van der Waals surface area contributed by atoms with E-state index in [0.29, 0.717) is 11.7 Å².